The molecule has 2 rings (SSSR count). The predicted molar refractivity (Wildman–Crippen MR) is 72.6 cm³/mol. The number of carbonyl (C=O) groups is 1. The molecular formula is C15H21FN2O. The van der Waals surface area contributed by atoms with E-state index in [0.29, 0.717) is 18.2 Å². The van der Waals surface area contributed by atoms with Gasteiger partial charge in [-0.15, -0.1) is 0 Å². The van der Waals surface area contributed by atoms with E-state index in [1.807, 2.05) is 0 Å². The molecule has 1 fully saturated rings. The van der Waals surface area contributed by atoms with Crippen molar-refractivity contribution < 1.29 is 9.18 Å². The highest BCUT2D eigenvalue weighted by molar-refractivity contribution is 5.94. The third-order valence-electron chi connectivity index (χ3n) is 3.89. The molecule has 1 aromatic rings. The third-order valence-corrected chi connectivity index (χ3v) is 3.89. The molecule has 0 atom stereocenters. The summed E-state index contributed by atoms with van der Waals surface area (Å²) < 4.78 is 12.7. The van der Waals surface area contributed by atoms with E-state index >= 15 is 0 Å². The van der Waals surface area contributed by atoms with Gasteiger partial charge in [-0.05, 0) is 31.5 Å². The number of hydrogen-bond donors (Lipinski definition) is 0. The van der Waals surface area contributed by atoms with Gasteiger partial charge in [0, 0.05) is 19.0 Å². The lowest BCUT2D eigenvalue weighted by Crippen LogP contribution is -2.34. The fourth-order valence-corrected chi connectivity index (χ4v) is 2.78. The van der Waals surface area contributed by atoms with Crippen LogP contribution in [0, 0.1) is 5.82 Å². The Bertz CT molecular complexity index is 413. The number of ketones is 1. The van der Waals surface area contributed by atoms with E-state index in [9.17, 15) is 9.18 Å². The molecular weight excluding hydrogens is 243 g/mol. The topological polar surface area (TPSA) is 33.2 Å². The summed E-state index contributed by atoms with van der Waals surface area (Å²) in [6.45, 7) is 3.90. The number of pyridine rings is 1. The van der Waals surface area contributed by atoms with Crippen molar-refractivity contribution in [3.05, 3.63) is 29.8 Å². The Hall–Kier alpha value is -1.29. The monoisotopic (exact) mass is 264 g/mol. The molecule has 0 N–H and O–H groups in total. The van der Waals surface area contributed by atoms with E-state index in [2.05, 4.69) is 16.8 Å². The summed E-state index contributed by atoms with van der Waals surface area (Å²) in [4.78, 5) is 18.2. The van der Waals surface area contributed by atoms with Crippen molar-refractivity contribution in [2.45, 2.75) is 45.1 Å². The van der Waals surface area contributed by atoms with Crippen LogP contribution in [0.25, 0.3) is 0 Å². The van der Waals surface area contributed by atoms with Crippen molar-refractivity contribution in [2.24, 2.45) is 0 Å². The zero-order valence-electron chi connectivity index (χ0n) is 11.4. The molecule has 19 heavy (non-hydrogen) atoms. The highest BCUT2D eigenvalue weighted by atomic mass is 19.1. The van der Waals surface area contributed by atoms with Crippen molar-refractivity contribution in [3.63, 3.8) is 0 Å². The van der Waals surface area contributed by atoms with Gasteiger partial charge in [0.2, 0.25) is 0 Å². The number of nitrogens with zero attached hydrogens (tertiary/aromatic N) is 2. The second kappa shape index (κ2) is 6.75. The number of aromatic nitrogens is 1. The molecule has 4 heteroatoms. The minimum Gasteiger partial charge on any atom is -0.300 e. The van der Waals surface area contributed by atoms with Crippen LogP contribution >= 0.6 is 0 Å². The van der Waals surface area contributed by atoms with E-state index in [-0.39, 0.29) is 5.78 Å². The second-order valence-electron chi connectivity index (χ2n) is 5.10. The van der Waals surface area contributed by atoms with Gasteiger partial charge in [-0.1, -0.05) is 19.8 Å². The number of carbonyl (C=O) groups excluding carboxylic acids is 1. The molecule has 1 aliphatic carbocycles. The number of Topliss-reactive ketones (excluding diaryl/α,β-unsaturated/α-hetero) is 1. The molecule has 0 saturated heterocycles. The first kappa shape index (κ1) is 14.1. The standard InChI is InChI=1S/C15H21FN2O/c1-2-18(13-5-3-4-6-13)10-9-15(19)14-8-7-12(16)11-17-14/h7-8,11,13H,2-6,9-10H2,1H3. The normalized spacial score (nSPS) is 16.2. The fraction of sp³-hybridized carbons (Fsp3) is 0.600. The van der Waals surface area contributed by atoms with E-state index in [1.54, 1.807) is 0 Å². The summed E-state index contributed by atoms with van der Waals surface area (Å²) in [6, 6.07) is 3.39. The summed E-state index contributed by atoms with van der Waals surface area (Å²) in [7, 11) is 0. The van der Waals surface area contributed by atoms with Crippen LogP contribution in [0.5, 0.6) is 0 Å². The van der Waals surface area contributed by atoms with Crippen LogP contribution in [0.1, 0.15) is 49.5 Å². The molecule has 1 aliphatic rings. The molecule has 0 bridgehead atoms. The Balaban J connectivity index is 1.86. The van der Waals surface area contributed by atoms with E-state index in [0.717, 1.165) is 19.3 Å². The SMILES string of the molecule is CCN(CCC(=O)c1ccc(F)cn1)C1CCCC1. The Morgan fingerprint density at radius 3 is 2.74 bits per heavy atom. The highest BCUT2D eigenvalue weighted by Crippen LogP contribution is 2.23. The lowest BCUT2D eigenvalue weighted by Gasteiger charge is -2.26. The zero-order chi connectivity index (χ0) is 13.7. The molecule has 104 valence electrons. The van der Waals surface area contributed by atoms with Crippen molar-refractivity contribution in [2.75, 3.05) is 13.1 Å². The van der Waals surface area contributed by atoms with Gasteiger partial charge < -0.3 is 4.90 Å². The van der Waals surface area contributed by atoms with Crippen molar-refractivity contribution in [1.82, 2.24) is 9.88 Å². The van der Waals surface area contributed by atoms with Gasteiger partial charge in [0.1, 0.15) is 11.5 Å². The molecule has 0 radical (unpaired) electrons. The molecule has 1 saturated carbocycles. The van der Waals surface area contributed by atoms with Crippen LogP contribution < -0.4 is 0 Å². The van der Waals surface area contributed by atoms with Gasteiger partial charge in [-0.3, -0.25) is 9.78 Å². The first-order valence-electron chi connectivity index (χ1n) is 7.09. The van der Waals surface area contributed by atoms with Crippen LogP contribution in [-0.4, -0.2) is 34.8 Å². The first-order chi connectivity index (χ1) is 9.20. The number of hydrogen-bond acceptors (Lipinski definition) is 3. The molecule has 1 heterocycles. The fourth-order valence-electron chi connectivity index (χ4n) is 2.78. The van der Waals surface area contributed by atoms with E-state index in [1.165, 1.54) is 37.8 Å². The molecule has 0 aliphatic heterocycles. The lowest BCUT2D eigenvalue weighted by molar-refractivity contribution is 0.0948. The van der Waals surface area contributed by atoms with E-state index < -0.39 is 5.82 Å². The maximum Gasteiger partial charge on any atom is 0.182 e. The first-order valence-corrected chi connectivity index (χ1v) is 7.09. The minimum absolute atomic E-state index is 0.00329. The van der Waals surface area contributed by atoms with Gasteiger partial charge in [0.15, 0.2) is 5.78 Å². The van der Waals surface area contributed by atoms with Crippen LogP contribution in [0.4, 0.5) is 4.39 Å². The van der Waals surface area contributed by atoms with Crippen LogP contribution in [-0.2, 0) is 0 Å². The Morgan fingerprint density at radius 2 is 2.16 bits per heavy atom. The lowest BCUT2D eigenvalue weighted by atomic mass is 10.1. The molecule has 0 unspecified atom stereocenters. The van der Waals surface area contributed by atoms with Crippen LogP contribution in [0.15, 0.2) is 18.3 Å². The third kappa shape index (κ3) is 3.83. The Labute approximate surface area is 113 Å². The Kier molecular flexibility index (Phi) is 5.02. The van der Waals surface area contributed by atoms with Gasteiger partial charge in [0.25, 0.3) is 0 Å². The molecule has 1 aromatic heterocycles. The quantitative estimate of drug-likeness (QED) is 0.740. The summed E-state index contributed by atoms with van der Waals surface area (Å²) >= 11 is 0. The summed E-state index contributed by atoms with van der Waals surface area (Å²) in [6.07, 6.45) is 6.65. The summed E-state index contributed by atoms with van der Waals surface area (Å²) in [5.41, 5.74) is 0.365. The summed E-state index contributed by atoms with van der Waals surface area (Å²) in [5, 5.41) is 0. The van der Waals surface area contributed by atoms with Gasteiger partial charge in [-0.25, -0.2) is 4.39 Å². The van der Waals surface area contributed by atoms with Crippen molar-refractivity contribution in [3.8, 4) is 0 Å². The average Bonchev–Trinajstić information content (AvgIpc) is 2.94. The largest absolute Gasteiger partial charge is 0.300 e. The van der Waals surface area contributed by atoms with Crippen molar-refractivity contribution in [1.29, 1.82) is 0 Å². The maximum absolute atomic E-state index is 12.7. The molecule has 0 spiro atoms. The number of halogens is 1. The van der Waals surface area contributed by atoms with Gasteiger partial charge in [-0.2, -0.15) is 0 Å². The Morgan fingerprint density at radius 1 is 1.42 bits per heavy atom. The average molecular weight is 264 g/mol. The number of rotatable bonds is 6. The molecule has 3 nitrogen and oxygen atoms in total. The molecule has 0 amide bonds. The second-order valence-corrected chi connectivity index (χ2v) is 5.10. The van der Waals surface area contributed by atoms with Crippen LogP contribution in [0.2, 0.25) is 0 Å². The van der Waals surface area contributed by atoms with E-state index in [4.69, 9.17) is 0 Å². The minimum atomic E-state index is -0.405. The maximum atomic E-state index is 12.7. The smallest absolute Gasteiger partial charge is 0.182 e. The van der Waals surface area contributed by atoms with Crippen LogP contribution in [0.3, 0.4) is 0 Å². The zero-order valence-corrected chi connectivity index (χ0v) is 11.4. The predicted octanol–water partition coefficient (Wildman–Crippen LogP) is 3.06. The highest BCUT2D eigenvalue weighted by Gasteiger charge is 2.21. The molecule has 0 aromatic carbocycles. The summed E-state index contributed by atoms with van der Waals surface area (Å²) in [5.74, 6) is -0.408. The van der Waals surface area contributed by atoms with Gasteiger partial charge in [0.05, 0.1) is 6.20 Å². The van der Waals surface area contributed by atoms with Crippen molar-refractivity contribution >= 4 is 5.78 Å². The van der Waals surface area contributed by atoms with Gasteiger partial charge >= 0.3 is 0 Å².